The van der Waals surface area contributed by atoms with E-state index >= 15 is 0 Å². The molecule has 0 amide bonds. The minimum Gasteiger partial charge on any atom is -0.394 e. The highest BCUT2D eigenvalue weighted by atomic mass is 16.3. The van der Waals surface area contributed by atoms with E-state index in [0.717, 1.165) is 19.3 Å². The van der Waals surface area contributed by atoms with E-state index in [0.29, 0.717) is 0 Å². The van der Waals surface area contributed by atoms with Crippen molar-refractivity contribution in [1.82, 2.24) is 0 Å². The molecule has 0 saturated carbocycles. The number of aliphatic hydroxyl groups is 1. The first-order valence-corrected chi connectivity index (χ1v) is 6.68. The second-order valence-corrected chi connectivity index (χ2v) is 5.36. The number of unbranched alkanes of at least 4 members (excludes halogenated alkanes) is 1. The summed E-state index contributed by atoms with van der Waals surface area (Å²) in [6.07, 6.45) is 6.41. The van der Waals surface area contributed by atoms with Crippen LogP contribution in [0, 0.1) is 0 Å². The average molecular weight is 233 g/mol. The molecular weight excluding hydrogens is 210 g/mol. The van der Waals surface area contributed by atoms with Gasteiger partial charge >= 0.3 is 0 Å². The molecule has 1 atom stereocenters. The third-order valence-corrected chi connectivity index (χ3v) is 3.90. The number of rotatable bonds is 4. The van der Waals surface area contributed by atoms with Gasteiger partial charge in [0.1, 0.15) is 0 Å². The Labute approximate surface area is 104 Å². The maximum Gasteiger partial charge on any atom is 0.0614 e. The Morgan fingerprint density at radius 3 is 2.94 bits per heavy atom. The van der Waals surface area contributed by atoms with Gasteiger partial charge in [-0.1, -0.05) is 31.5 Å². The molecule has 0 bridgehead atoms. The molecule has 0 radical (unpaired) electrons. The lowest BCUT2D eigenvalue weighted by Gasteiger charge is -2.34. The molecule has 1 unspecified atom stereocenters. The van der Waals surface area contributed by atoms with Crippen molar-refractivity contribution in [2.75, 3.05) is 6.61 Å². The summed E-state index contributed by atoms with van der Waals surface area (Å²) in [6, 6.07) is 6.55. The molecule has 0 aliphatic heterocycles. The SMILES string of the molecule is CCCCc1cccc2c1CCC(N)(CO)C2. The summed E-state index contributed by atoms with van der Waals surface area (Å²) in [5, 5.41) is 9.36. The van der Waals surface area contributed by atoms with Crippen molar-refractivity contribution in [3.8, 4) is 0 Å². The van der Waals surface area contributed by atoms with E-state index in [-0.39, 0.29) is 6.61 Å². The van der Waals surface area contributed by atoms with Gasteiger partial charge in [0.25, 0.3) is 0 Å². The van der Waals surface area contributed by atoms with Crippen LogP contribution in [0.1, 0.15) is 42.9 Å². The zero-order chi connectivity index (χ0) is 12.3. The molecule has 0 fully saturated rings. The Morgan fingerprint density at radius 1 is 1.41 bits per heavy atom. The van der Waals surface area contributed by atoms with Crippen molar-refractivity contribution in [1.29, 1.82) is 0 Å². The zero-order valence-electron chi connectivity index (χ0n) is 10.7. The Bertz CT molecular complexity index is 389. The smallest absolute Gasteiger partial charge is 0.0614 e. The standard InChI is InChI=1S/C15H23NO/c1-2-3-5-12-6-4-7-13-10-15(16,11-17)9-8-14(12)13/h4,6-7,17H,2-3,5,8-11,16H2,1H3. The van der Waals surface area contributed by atoms with Crippen LogP contribution in [0.25, 0.3) is 0 Å². The van der Waals surface area contributed by atoms with Crippen LogP contribution in [0.15, 0.2) is 18.2 Å². The molecule has 17 heavy (non-hydrogen) atoms. The first kappa shape index (κ1) is 12.6. The highest BCUT2D eigenvalue weighted by Crippen LogP contribution is 2.29. The summed E-state index contributed by atoms with van der Waals surface area (Å²) < 4.78 is 0. The van der Waals surface area contributed by atoms with E-state index in [1.165, 1.54) is 36.0 Å². The van der Waals surface area contributed by atoms with Crippen molar-refractivity contribution in [2.24, 2.45) is 5.73 Å². The molecule has 2 nitrogen and oxygen atoms in total. The predicted molar refractivity (Wildman–Crippen MR) is 71.1 cm³/mol. The molecule has 1 aliphatic carbocycles. The topological polar surface area (TPSA) is 46.2 Å². The average Bonchev–Trinajstić information content (AvgIpc) is 2.36. The van der Waals surface area contributed by atoms with E-state index in [2.05, 4.69) is 25.1 Å². The van der Waals surface area contributed by atoms with Crippen LogP contribution < -0.4 is 5.73 Å². The van der Waals surface area contributed by atoms with Crippen LogP contribution >= 0.6 is 0 Å². The third-order valence-electron chi connectivity index (χ3n) is 3.90. The quantitative estimate of drug-likeness (QED) is 0.837. The number of hydrogen-bond acceptors (Lipinski definition) is 2. The van der Waals surface area contributed by atoms with Crippen LogP contribution in [-0.4, -0.2) is 17.3 Å². The fourth-order valence-electron chi connectivity index (χ4n) is 2.75. The van der Waals surface area contributed by atoms with Crippen LogP contribution in [0.2, 0.25) is 0 Å². The molecule has 3 N–H and O–H groups in total. The van der Waals surface area contributed by atoms with E-state index in [1.807, 2.05) is 0 Å². The summed E-state index contributed by atoms with van der Waals surface area (Å²) in [7, 11) is 0. The molecule has 2 rings (SSSR count). The van der Waals surface area contributed by atoms with Crippen molar-refractivity contribution in [3.05, 3.63) is 34.9 Å². The van der Waals surface area contributed by atoms with Crippen molar-refractivity contribution >= 4 is 0 Å². The van der Waals surface area contributed by atoms with Gasteiger partial charge in [-0.05, 0) is 48.8 Å². The number of fused-ring (bicyclic) bond motifs is 1. The van der Waals surface area contributed by atoms with Gasteiger partial charge in [0.15, 0.2) is 0 Å². The number of benzene rings is 1. The molecule has 0 spiro atoms. The van der Waals surface area contributed by atoms with E-state index in [1.54, 1.807) is 0 Å². The van der Waals surface area contributed by atoms with E-state index in [9.17, 15) is 5.11 Å². The third kappa shape index (κ3) is 2.70. The summed E-state index contributed by atoms with van der Waals surface area (Å²) >= 11 is 0. The van der Waals surface area contributed by atoms with Gasteiger partial charge in [-0.25, -0.2) is 0 Å². The van der Waals surface area contributed by atoms with Gasteiger partial charge in [-0.15, -0.1) is 0 Å². The fraction of sp³-hybridized carbons (Fsp3) is 0.600. The Balaban J connectivity index is 2.23. The lowest BCUT2D eigenvalue weighted by Crippen LogP contribution is -2.48. The molecule has 1 aromatic carbocycles. The first-order chi connectivity index (χ1) is 8.18. The Morgan fingerprint density at radius 2 is 2.24 bits per heavy atom. The van der Waals surface area contributed by atoms with E-state index in [4.69, 9.17) is 5.73 Å². The number of aliphatic hydroxyl groups excluding tert-OH is 1. The van der Waals surface area contributed by atoms with Gasteiger partial charge < -0.3 is 10.8 Å². The zero-order valence-corrected chi connectivity index (χ0v) is 10.7. The first-order valence-electron chi connectivity index (χ1n) is 6.68. The van der Waals surface area contributed by atoms with Gasteiger partial charge in [0, 0.05) is 5.54 Å². The highest BCUT2D eigenvalue weighted by molar-refractivity contribution is 5.39. The summed E-state index contributed by atoms with van der Waals surface area (Å²) in [6.45, 7) is 2.32. The summed E-state index contributed by atoms with van der Waals surface area (Å²) in [5.74, 6) is 0. The Kier molecular flexibility index (Phi) is 3.85. The van der Waals surface area contributed by atoms with Crippen LogP contribution in [0.5, 0.6) is 0 Å². The molecule has 0 saturated heterocycles. The number of hydrogen-bond donors (Lipinski definition) is 2. The normalized spacial score (nSPS) is 23.5. The van der Waals surface area contributed by atoms with Gasteiger partial charge in [0.2, 0.25) is 0 Å². The van der Waals surface area contributed by atoms with Crippen LogP contribution in [-0.2, 0) is 19.3 Å². The van der Waals surface area contributed by atoms with Crippen molar-refractivity contribution in [3.63, 3.8) is 0 Å². The van der Waals surface area contributed by atoms with Gasteiger partial charge in [0.05, 0.1) is 6.61 Å². The lowest BCUT2D eigenvalue weighted by atomic mass is 9.77. The van der Waals surface area contributed by atoms with Crippen molar-refractivity contribution in [2.45, 2.75) is 51.0 Å². The molecule has 1 aromatic rings. The van der Waals surface area contributed by atoms with E-state index < -0.39 is 5.54 Å². The number of aryl methyl sites for hydroxylation is 1. The predicted octanol–water partition coefficient (Wildman–Crippen LogP) is 2.21. The van der Waals surface area contributed by atoms with Gasteiger partial charge in [-0.2, -0.15) is 0 Å². The minimum absolute atomic E-state index is 0.0889. The van der Waals surface area contributed by atoms with Gasteiger partial charge in [-0.3, -0.25) is 0 Å². The second-order valence-electron chi connectivity index (χ2n) is 5.36. The highest BCUT2D eigenvalue weighted by Gasteiger charge is 2.30. The molecule has 1 aliphatic rings. The molecule has 0 aromatic heterocycles. The molecule has 0 heterocycles. The largest absolute Gasteiger partial charge is 0.394 e. The summed E-state index contributed by atoms with van der Waals surface area (Å²) in [5.41, 5.74) is 10.1. The van der Waals surface area contributed by atoms with Crippen molar-refractivity contribution < 1.29 is 5.11 Å². The molecule has 2 heteroatoms. The Hall–Kier alpha value is -0.860. The molecular formula is C15H23NO. The number of nitrogens with two attached hydrogens (primary N) is 1. The minimum atomic E-state index is -0.392. The van der Waals surface area contributed by atoms with Crippen LogP contribution in [0.4, 0.5) is 0 Å². The fourth-order valence-corrected chi connectivity index (χ4v) is 2.75. The summed E-state index contributed by atoms with van der Waals surface area (Å²) in [4.78, 5) is 0. The second kappa shape index (κ2) is 5.19. The lowest BCUT2D eigenvalue weighted by molar-refractivity contribution is 0.181. The maximum atomic E-state index is 9.36. The molecule has 94 valence electrons. The maximum absolute atomic E-state index is 9.36. The van der Waals surface area contributed by atoms with Crippen LogP contribution in [0.3, 0.4) is 0 Å². The monoisotopic (exact) mass is 233 g/mol.